The predicted molar refractivity (Wildman–Crippen MR) is 69.3 cm³/mol. The summed E-state index contributed by atoms with van der Waals surface area (Å²) in [5.74, 6) is -1.49. The minimum absolute atomic E-state index is 0.173. The van der Waals surface area contributed by atoms with Crippen LogP contribution < -0.4 is 5.32 Å². The summed E-state index contributed by atoms with van der Waals surface area (Å²) in [5.41, 5.74) is -0.484. The molecule has 0 saturated heterocycles. The van der Waals surface area contributed by atoms with Crippen LogP contribution >= 0.6 is 0 Å². The molecule has 0 aliphatic rings. The number of amides is 1. The lowest BCUT2D eigenvalue weighted by atomic mass is 9.98. The standard InChI is InChI=1S/C14H18FNO3/c1-5-14(3,13(18)19-4)16-12(17)10-7-6-9(2)11(15)8-10/h6-8H,5H2,1-4H3,(H,16,17). The second kappa shape index (κ2) is 5.82. The van der Waals surface area contributed by atoms with Gasteiger partial charge in [0, 0.05) is 5.56 Å². The topological polar surface area (TPSA) is 55.4 Å². The Kier molecular flexibility index (Phi) is 4.64. The molecule has 1 rings (SSSR count). The van der Waals surface area contributed by atoms with E-state index in [0.29, 0.717) is 12.0 Å². The number of nitrogens with one attached hydrogen (secondary N) is 1. The molecular weight excluding hydrogens is 249 g/mol. The molecule has 1 aromatic carbocycles. The molecule has 0 bridgehead atoms. The lowest BCUT2D eigenvalue weighted by Gasteiger charge is -2.26. The summed E-state index contributed by atoms with van der Waals surface area (Å²) in [7, 11) is 1.26. The second-order valence-corrected chi connectivity index (χ2v) is 4.60. The smallest absolute Gasteiger partial charge is 0.331 e. The van der Waals surface area contributed by atoms with Crippen molar-refractivity contribution >= 4 is 11.9 Å². The average Bonchev–Trinajstić information content (AvgIpc) is 2.40. The number of carbonyl (C=O) groups excluding carboxylic acids is 2. The van der Waals surface area contributed by atoms with Gasteiger partial charge in [-0.25, -0.2) is 9.18 Å². The monoisotopic (exact) mass is 267 g/mol. The lowest BCUT2D eigenvalue weighted by Crippen LogP contribution is -2.52. The van der Waals surface area contributed by atoms with Crippen LogP contribution in [0.4, 0.5) is 4.39 Å². The van der Waals surface area contributed by atoms with E-state index in [1.165, 1.54) is 19.2 Å². The summed E-state index contributed by atoms with van der Waals surface area (Å²) in [4.78, 5) is 23.7. The molecule has 0 fully saturated rings. The van der Waals surface area contributed by atoms with Gasteiger partial charge < -0.3 is 10.1 Å². The van der Waals surface area contributed by atoms with Crippen LogP contribution in [0, 0.1) is 12.7 Å². The summed E-state index contributed by atoms with van der Waals surface area (Å²) >= 11 is 0. The van der Waals surface area contributed by atoms with Crippen molar-refractivity contribution in [2.75, 3.05) is 7.11 Å². The number of aryl methyl sites for hydroxylation is 1. The maximum absolute atomic E-state index is 13.4. The molecule has 1 atom stereocenters. The molecule has 0 saturated carbocycles. The van der Waals surface area contributed by atoms with Gasteiger partial charge >= 0.3 is 5.97 Å². The number of hydrogen-bond donors (Lipinski definition) is 1. The molecule has 4 nitrogen and oxygen atoms in total. The molecule has 0 heterocycles. The van der Waals surface area contributed by atoms with Crippen LogP contribution in [0.3, 0.4) is 0 Å². The second-order valence-electron chi connectivity index (χ2n) is 4.60. The minimum atomic E-state index is -1.12. The fourth-order valence-corrected chi connectivity index (χ4v) is 1.57. The van der Waals surface area contributed by atoms with Crippen molar-refractivity contribution in [1.29, 1.82) is 0 Å². The maximum Gasteiger partial charge on any atom is 0.331 e. The molecule has 5 heteroatoms. The van der Waals surface area contributed by atoms with Gasteiger partial charge in [0.1, 0.15) is 11.4 Å². The van der Waals surface area contributed by atoms with Crippen LogP contribution in [0.2, 0.25) is 0 Å². The van der Waals surface area contributed by atoms with Crippen molar-refractivity contribution in [3.63, 3.8) is 0 Å². The Balaban J connectivity index is 2.94. The van der Waals surface area contributed by atoms with Crippen LogP contribution in [-0.2, 0) is 9.53 Å². The van der Waals surface area contributed by atoms with Crippen molar-refractivity contribution in [2.45, 2.75) is 32.7 Å². The van der Waals surface area contributed by atoms with Crippen LogP contribution in [0.5, 0.6) is 0 Å². The van der Waals surface area contributed by atoms with Crippen molar-refractivity contribution in [3.05, 3.63) is 35.1 Å². The van der Waals surface area contributed by atoms with Crippen molar-refractivity contribution in [1.82, 2.24) is 5.32 Å². The van der Waals surface area contributed by atoms with E-state index in [9.17, 15) is 14.0 Å². The fraction of sp³-hybridized carbons (Fsp3) is 0.429. The van der Waals surface area contributed by atoms with Gasteiger partial charge in [-0.15, -0.1) is 0 Å². The minimum Gasteiger partial charge on any atom is -0.467 e. The highest BCUT2D eigenvalue weighted by Crippen LogP contribution is 2.14. The van der Waals surface area contributed by atoms with Crippen LogP contribution in [-0.4, -0.2) is 24.5 Å². The van der Waals surface area contributed by atoms with Gasteiger partial charge in [-0.2, -0.15) is 0 Å². The number of hydrogen-bond acceptors (Lipinski definition) is 3. The quantitative estimate of drug-likeness (QED) is 0.851. The highest BCUT2D eigenvalue weighted by Gasteiger charge is 2.34. The van der Waals surface area contributed by atoms with E-state index in [0.717, 1.165) is 6.07 Å². The van der Waals surface area contributed by atoms with Gasteiger partial charge in [0.15, 0.2) is 0 Å². The number of esters is 1. The predicted octanol–water partition coefficient (Wildman–Crippen LogP) is 2.21. The molecule has 1 N–H and O–H groups in total. The molecule has 0 radical (unpaired) electrons. The molecular formula is C14H18FNO3. The normalized spacial score (nSPS) is 13.5. The van der Waals surface area contributed by atoms with Gasteiger partial charge in [-0.3, -0.25) is 4.79 Å². The van der Waals surface area contributed by atoms with Crippen LogP contribution in [0.1, 0.15) is 36.2 Å². The van der Waals surface area contributed by atoms with Crippen LogP contribution in [0.25, 0.3) is 0 Å². The third-order valence-corrected chi connectivity index (χ3v) is 3.17. The van der Waals surface area contributed by atoms with Gasteiger partial charge in [0.2, 0.25) is 0 Å². The molecule has 104 valence electrons. The van der Waals surface area contributed by atoms with E-state index >= 15 is 0 Å². The third-order valence-electron chi connectivity index (χ3n) is 3.17. The summed E-state index contributed by atoms with van der Waals surface area (Å²) in [6.07, 6.45) is 0.375. The van der Waals surface area contributed by atoms with E-state index in [4.69, 9.17) is 0 Å². The summed E-state index contributed by atoms with van der Waals surface area (Å²) in [6.45, 7) is 4.94. The van der Waals surface area contributed by atoms with E-state index < -0.39 is 23.2 Å². The first-order valence-electron chi connectivity index (χ1n) is 6.01. The highest BCUT2D eigenvalue weighted by atomic mass is 19.1. The number of rotatable bonds is 4. The molecule has 0 aliphatic carbocycles. The summed E-state index contributed by atoms with van der Waals surface area (Å²) < 4.78 is 18.1. The molecule has 1 amide bonds. The van der Waals surface area contributed by atoms with Gasteiger partial charge in [-0.05, 0) is 38.0 Å². The SMILES string of the molecule is CCC(C)(NC(=O)c1ccc(C)c(F)c1)C(=O)OC. The zero-order valence-corrected chi connectivity index (χ0v) is 11.5. The van der Waals surface area contributed by atoms with Crippen molar-refractivity contribution in [3.8, 4) is 0 Å². The number of methoxy groups -OCH3 is 1. The average molecular weight is 267 g/mol. The Hall–Kier alpha value is -1.91. The number of carbonyl (C=O) groups is 2. The molecule has 0 aromatic heterocycles. The Morgan fingerprint density at radius 3 is 2.53 bits per heavy atom. The summed E-state index contributed by atoms with van der Waals surface area (Å²) in [5, 5.41) is 2.58. The number of benzene rings is 1. The first-order chi connectivity index (χ1) is 8.84. The Bertz CT molecular complexity index is 501. The first-order valence-corrected chi connectivity index (χ1v) is 6.01. The summed E-state index contributed by atoms with van der Waals surface area (Å²) in [6, 6.07) is 4.19. The van der Waals surface area contributed by atoms with Crippen molar-refractivity contribution in [2.24, 2.45) is 0 Å². The van der Waals surface area contributed by atoms with E-state index in [1.807, 2.05) is 0 Å². The van der Waals surface area contributed by atoms with E-state index in [2.05, 4.69) is 10.1 Å². The number of ether oxygens (including phenoxy) is 1. The van der Waals surface area contributed by atoms with Gasteiger partial charge in [-0.1, -0.05) is 13.0 Å². The van der Waals surface area contributed by atoms with Gasteiger partial charge in [0.05, 0.1) is 7.11 Å². The molecule has 1 unspecified atom stereocenters. The Morgan fingerprint density at radius 2 is 2.05 bits per heavy atom. The molecule has 0 aliphatic heterocycles. The fourth-order valence-electron chi connectivity index (χ4n) is 1.57. The van der Waals surface area contributed by atoms with Crippen LogP contribution in [0.15, 0.2) is 18.2 Å². The maximum atomic E-state index is 13.4. The van der Waals surface area contributed by atoms with Gasteiger partial charge in [0.25, 0.3) is 5.91 Å². The van der Waals surface area contributed by atoms with Crippen molar-refractivity contribution < 1.29 is 18.7 Å². The first kappa shape index (κ1) is 15.1. The Labute approximate surface area is 112 Å². The molecule has 19 heavy (non-hydrogen) atoms. The lowest BCUT2D eigenvalue weighted by molar-refractivity contribution is -0.147. The largest absolute Gasteiger partial charge is 0.467 e. The third kappa shape index (κ3) is 3.30. The van der Waals surface area contributed by atoms with E-state index in [-0.39, 0.29) is 5.56 Å². The Morgan fingerprint density at radius 1 is 1.42 bits per heavy atom. The number of halogens is 1. The molecule has 0 spiro atoms. The van der Waals surface area contributed by atoms with E-state index in [1.54, 1.807) is 20.8 Å². The zero-order valence-electron chi connectivity index (χ0n) is 11.5. The highest BCUT2D eigenvalue weighted by molar-refractivity contribution is 5.98. The molecule has 1 aromatic rings. The zero-order chi connectivity index (χ0) is 14.6.